The number of nitrogen functional groups attached to an aromatic ring is 1. The normalized spacial score (nSPS) is 16.5. The first kappa shape index (κ1) is 45.1. The van der Waals surface area contributed by atoms with Crippen LogP contribution in [0.3, 0.4) is 0 Å². The number of carboxylic acids is 1. The molecule has 0 spiro atoms. The van der Waals surface area contributed by atoms with E-state index in [2.05, 4.69) is 25.8 Å². The minimum Gasteiger partial charge on any atom is -0.477 e. The number of amides is 3. The highest BCUT2D eigenvalue weighted by atomic mass is 35.5. The van der Waals surface area contributed by atoms with Crippen LogP contribution >= 0.6 is 46.5 Å². The maximum Gasteiger partial charge on any atom is 0.407 e. The lowest BCUT2D eigenvalue weighted by molar-refractivity contribution is -0.150. The lowest BCUT2D eigenvalue weighted by Gasteiger charge is -2.49. The Bertz CT molecular complexity index is 2440. The SMILES string of the molecule is CC(C)(C)OC(=O)NCCOCc1cnccc1SC1=C(C(=O)O)N2C(=O)[C@@H](NC(=O)C(=NOC(c3ccccc3)(c3ccccc3)c3ccccc3)c3nc(N)sc3Cl)[C@@H]2SC1. The van der Waals surface area contributed by atoms with Crippen molar-refractivity contribution in [2.45, 2.75) is 54.9 Å². The molecule has 3 amide bonds. The van der Waals surface area contributed by atoms with Crippen molar-refractivity contribution in [1.29, 1.82) is 0 Å². The predicted octanol–water partition coefficient (Wildman–Crippen LogP) is 7.02. The van der Waals surface area contributed by atoms with Gasteiger partial charge in [-0.2, -0.15) is 0 Å². The summed E-state index contributed by atoms with van der Waals surface area (Å²) in [6.45, 7) is 5.82. The number of halogens is 1. The Morgan fingerprint density at radius 1 is 0.984 bits per heavy atom. The summed E-state index contributed by atoms with van der Waals surface area (Å²) >= 11 is 10.0. The highest BCUT2D eigenvalue weighted by molar-refractivity contribution is 8.06. The van der Waals surface area contributed by atoms with Crippen LogP contribution in [0.1, 0.15) is 48.7 Å². The Morgan fingerprint density at radius 2 is 1.60 bits per heavy atom. The minimum absolute atomic E-state index is 0.0547. The number of anilines is 1. The molecule has 15 nitrogen and oxygen atoms in total. The lowest BCUT2D eigenvalue weighted by Crippen LogP contribution is -2.71. The number of nitrogens with one attached hydrogen (secondary N) is 2. The van der Waals surface area contributed by atoms with Gasteiger partial charge in [0, 0.05) is 56.7 Å². The second-order valence-electron chi connectivity index (χ2n) is 15.0. The molecule has 1 fully saturated rings. The number of hydrogen-bond acceptors (Lipinski definition) is 14. The quantitative estimate of drug-likeness (QED) is 0.0258. The molecule has 2 aliphatic heterocycles. The molecular weight excluding hydrogens is 886 g/mol. The average Bonchev–Trinajstić information content (AvgIpc) is 3.61. The maximum atomic E-state index is 14.4. The van der Waals surface area contributed by atoms with Gasteiger partial charge in [-0.05, 0) is 26.8 Å². The fourth-order valence-electron chi connectivity index (χ4n) is 6.80. The summed E-state index contributed by atoms with van der Waals surface area (Å²) in [5, 5.41) is 19.7. The standard InChI is InChI=1S/C44H42ClN7O8S3/c1-43(2,3)59-42(57)48-21-22-58-24-26-23-47-20-19-30(26)62-31-25-61-39-34(38(54)52(39)35(31)40(55)56)49-37(53)33(32-36(45)63-41(46)50-32)51-60-44(27-13-7-4-8-14-27,28-15-9-5-10-16-28)29-17-11-6-12-18-29/h4-20,23,34,39H,21-22,24-25H2,1-3H3,(H2,46,50)(H,48,57)(H,49,53)(H,55,56)/t34-,39+/m1/s1. The molecule has 5 aromatic rings. The number of carboxylic acid groups (broad SMARTS) is 1. The molecule has 5 N–H and O–H groups in total. The van der Waals surface area contributed by atoms with Crippen molar-refractivity contribution in [1.82, 2.24) is 25.5 Å². The molecule has 4 heterocycles. The fraction of sp³-hybridized carbons (Fsp3) is 0.250. The molecule has 0 radical (unpaired) electrons. The molecule has 2 atom stereocenters. The monoisotopic (exact) mass is 927 g/mol. The Morgan fingerprint density at radius 3 is 2.16 bits per heavy atom. The Labute approximate surface area is 380 Å². The van der Waals surface area contributed by atoms with Gasteiger partial charge in [-0.25, -0.2) is 14.6 Å². The number of thioether (sulfide) groups is 2. The number of oxime groups is 1. The molecule has 0 aliphatic carbocycles. The first-order chi connectivity index (χ1) is 30.3. The number of benzene rings is 3. The number of nitrogens with two attached hydrogens (primary N) is 1. The van der Waals surface area contributed by atoms with Gasteiger partial charge in [-0.3, -0.25) is 19.5 Å². The molecule has 3 aromatic carbocycles. The van der Waals surface area contributed by atoms with E-state index in [1.165, 1.54) is 28.4 Å². The van der Waals surface area contributed by atoms with E-state index < -0.39 is 46.5 Å². The van der Waals surface area contributed by atoms with Crippen molar-refractivity contribution < 1.29 is 38.6 Å². The number of nitrogens with zero attached hydrogens (tertiary/aromatic N) is 4. The van der Waals surface area contributed by atoms with E-state index in [0.717, 1.165) is 11.3 Å². The number of thiazole rings is 1. The van der Waals surface area contributed by atoms with Crippen LogP contribution in [0.2, 0.25) is 4.34 Å². The second kappa shape index (κ2) is 19.6. The fourth-order valence-corrected chi connectivity index (χ4v) is 10.3. The van der Waals surface area contributed by atoms with Gasteiger partial charge in [0.25, 0.3) is 11.8 Å². The molecule has 63 heavy (non-hydrogen) atoms. The Hall–Kier alpha value is -5.92. The number of fused-ring (bicyclic) bond motifs is 1. The number of rotatable bonds is 16. The predicted molar refractivity (Wildman–Crippen MR) is 242 cm³/mol. The number of ether oxygens (including phenoxy) is 2. The summed E-state index contributed by atoms with van der Waals surface area (Å²) < 4.78 is 11.1. The molecule has 326 valence electrons. The van der Waals surface area contributed by atoms with Gasteiger partial charge >= 0.3 is 12.1 Å². The van der Waals surface area contributed by atoms with E-state index in [0.29, 0.717) is 32.1 Å². The number of carbonyl (C=O) groups is 4. The Balaban J connectivity index is 1.12. The third kappa shape index (κ3) is 10.2. The first-order valence-electron chi connectivity index (χ1n) is 19.5. The molecule has 7 rings (SSSR count). The van der Waals surface area contributed by atoms with E-state index in [4.69, 9.17) is 31.6 Å². The summed E-state index contributed by atoms with van der Waals surface area (Å²) in [6.07, 6.45) is 2.62. The molecule has 2 aliphatic rings. The van der Waals surface area contributed by atoms with Crippen LogP contribution in [0.5, 0.6) is 0 Å². The number of β-lactam (4-membered cyclic amide) rings is 1. The van der Waals surface area contributed by atoms with E-state index in [1.807, 2.05) is 91.0 Å². The van der Waals surface area contributed by atoms with E-state index in [1.54, 1.807) is 39.2 Å². The number of alkyl carbamates (subject to hydrolysis) is 1. The zero-order valence-corrected chi connectivity index (χ0v) is 37.4. The third-order valence-electron chi connectivity index (χ3n) is 9.54. The maximum absolute atomic E-state index is 14.4. The second-order valence-corrected chi connectivity index (χ2v) is 18.9. The highest BCUT2D eigenvalue weighted by Gasteiger charge is 2.55. The van der Waals surface area contributed by atoms with Crippen LogP contribution in [-0.2, 0) is 40.9 Å². The molecule has 2 aromatic heterocycles. The van der Waals surface area contributed by atoms with Gasteiger partial charge in [-0.15, -0.1) is 11.8 Å². The molecule has 0 unspecified atom stereocenters. The van der Waals surface area contributed by atoms with Crippen LogP contribution in [0.15, 0.2) is 130 Å². The zero-order chi connectivity index (χ0) is 44.7. The van der Waals surface area contributed by atoms with Crippen molar-refractivity contribution in [3.8, 4) is 0 Å². The molecule has 19 heteroatoms. The van der Waals surface area contributed by atoms with Crippen molar-refractivity contribution in [2.24, 2.45) is 5.16 Å². The summed E-state index contributed by atoms with van der Waals surface area (Å²) in [7, 11) is 0. The van der Waals surface area contributed by atoms with E-state index in [-0.39, 0.29) is 52.1 Å². The summed E-state index contributed by atoms with van der Waals surface area (Å²) in [6, 6.07) is 28.8. The number of hydrogen-bond donors (Lipinski definition) is 4. The van der Waals surface area contributed by atoms with Gasteiger partial charge in [-0.1, -0.05) is 131 Å². The van der Waals surface area contributed by atoms with Crippen LogP contribution in [0, 0.1) is 0 Å². The van der Waals surface area contributed by atoms with Crippen molar-refractivity contribution in [3.63, 3.8) is 0 Å². The smallest absolute Gasteiger partial charge is 0.407 e. The topological polar surface area (TPSA) is 208 Å². The Kier molecular flexibility index (Phi) is 14.1. The summed E-state index contributed by atoms with van der Waals surface area (Å²) in [5.74, 6) is -2.57. The number of aliphatic carboxylic acids is 1. The van der Waals surface area contributed by atoms with Crippen molar-refractivity contribution in [3.05, 3.63) is 152 Å². The molecule has 0 bridgehead atoms. The van der Waals surface area contributed by atoms with Crippen molar-refractivity contribution in [2.75, 3.05) is 24.6 Å². The van der Waals surface area contributed by atoms with E-state index in [9.17, 15) is 24.3 Å². The van der Waals surface area contributed by atoms with Gasteiger partial charge in [0.05, 0.1) is 13.2 Å². The number of carbonyl (C=O) groups excluding carboxylic acids is 3. The summed E-state index contributed by atoms with van der Waals surface area (Å²) in [4.78, 5) is 70.6. The lowest BCUT2D eigenvalue weighted by atomic mass is 9.80. The van der Waals surface area contributed by atoms with Gasteiger partial charge < -0.3 is 35.8 Å². The van der Waals surface area contributed by atoms with E-state index >= 15 is 0 Å². The third-order valence-corrected chi connectivity index (χ3v) is 13.3. The molecule has 1 saturated heterocycles. The minimum atomic E-state index is -1.37. The van der Waals surface area contributed by atoms with Gasteiger partial charge in [0.15, 0.2) is 10.8 Å². The van der Waals surface area contributed by atoms with Crippen LogP contribution < -0.4 is 16.4 Å². The van der Waals surface area contributed by atoms with Gasteiger partial charge in [0.2, 0.25) is 5.60 Å². The molecule has 0 saturated carbocycles. The largest absolute Gasteiger partial charge is 0.477 e. The van der Waals surface area contributed by atoms with Crippen LogP contribution in [-0.4, -0.2) is 85.5 Å². The molecular formula is C44H42ClN7O8S3. The average molecular weight is 929 g/mol. The summed E-state index contributed by atoms with van der Waals surface area (Å²) in [5.41, 5.74) is 6.24. The van der Waals surface area contributed by atoms with Crippen molar-refractivity contribution >= 4 is 81.2 Å². The highest BCUT2D eigenvalue weighted by Crippen LogP contribution is 2.46. The van der Waals surface area contributed by atoms with Crippen LogP contribution in [0.25, 0.3) is 0 Å². The first-order valence-corrected chi connectivity index (χ1v) is 22.5. The zero-order valence-electron chi connectivity index (χ0n) is 34.1. The number of aromatic nitrogens is 2. The van der Waals surface area contributed by atoms with Gasteiger partial charge in [0.1, 0.15) is 32.7 Å². The van der Waals surface area contributed by atoms with Crippen LogP contribution in [0.4, 0.5) is 9.93 Å². The number of pyridine rings is 1.